The molecule has 4 amide bonds. The SMILES string of the molecule is O=C(Nc1nn[nH]n1)c1ccc(CN2C(=O)N(c3ccc(OC(F)(F)F)cc3)C(=O)C23CCN(Cc2ccccc2)CC3)cc1. The van der Waals surface area contributed by atoms with E-state index in [-0.39, 0.29) is 18.2 Å². The van der Waals surface area contributed by atoms with Crippen LogP contribution in [-0.4, -0.2) is 73.3 Å². The van der Waals surface area contributed by atoms with Gasteiger partial charge in [0.1, 0.15) is 11.3 Å². The predicted molar refractivity (Wildman–Crippen MR) is 154 cm³/mol. The summed E-state index contributed by atoms with van der Waals surface area (Å²) in [7, 11) is 0. The maximum atomic E-state index is 14.1. The van der Waals surface area contributed by atoms with E-state index in [9.17, 15) is 27.6 Å². The summed E-state index contributed by atoms with van der Waals surface area (Å²) < 4.78 is 42.1. The fourth-order valence-electron chi connectivity index (χ4n) is 5.70. The van der Waals surface area contributed by atoms with E-state index in [0.29, 0.717) is 43.6 Å². The first kappa shape index (κ1) is 29.7. The highest BCUT2D eigenvalue weighted by molar-refractivity contribution is 6.23. The van der Waals surface area contributed by atoms with E-state index in [1.54, 1.807) is 24.3 Å². The first-order valence-corrected chi connectivity index (χ1v) is 14.0. The summed E-state index contributed by atoms with van der Waals surface area (Å²) >= 11 is 0. The maximum Gasteiger partial charge on any atom is 0.573 e. The standard InChI is InChI=1S/C30H27F3N8O4/c31-30(32,33)45-24-12-10-23(11-13-24)41-26(43)29(14-16-39(17-15-29)18-20-4-2-1-3-5-20)40(28(41)44)19-21-6-8-22(9-7-21)25(42)34-27-35-37-38-36-27/h1-13H,14-19H2,(H2,34,35,36,37,38,42). The van der Waals surface area contributed by atoms with E-state index in [4.69, 9.17) is 0 Å². The van der Waals surface area contributed by atoms with Crippen molar-refractivity contribution in [1.29, 1.82) is 0 Å². The number of urea groups is 1. The fraction of sp³-hybridized carbons (Fsp3) is 0.267. The lowest BCUT2D eigenvalue weighted by Crippen LogP contribution is -2.56. The van der Waals surface area contributed by atoms with Crippen molar-refractivity contribution in [3.05, 3.63) is 95.6 Å². The van der Waals surface area contributed by atoms with Crippen molar-refractivity contribution >= 4 is 29.5 Å². The van der Waals surface area contributed by atoms with Crippen LogP contribution in [0.5, 0.6) is 5.75 Å². The number of halogens is 3. The molecular weight excluding hydrogens is 593 g/mol. The zero-order valence-electron chi connectivity index (χ0n) is 23.7. The molecule has 6 rings (SSSR count). The molecule has 2 aliphatic heterocycles. The molecule has 2 saturated heterocycles. The highest BCUT2D eigenvalue weighted by Crippen LogP contribution is 2.41. The molecule has 2 aliphatic rings. The summed E-state index contributed by atoms with van der Waals surface area (Å²) in [5.74, 6) is -1.34. The molecule has 15 heteroatoms. The molecule has 1 aromatic heterocycles. The third-order valence-corrected chi connectivity index (χ3v) is 7.93. The van der Waals surface area contributed by atoms with Crippen molar-refractivity contribution in [3.63, 3.8) is 0 Å². The maximum absolute atomic E-state index is 14.1. The van der Waals surface area contributed by atoms with Crippen LogP contribution in [0.3, 0.4) is 0 Å². The van der Waals surface area contributed by atoms with Gasteiger partial charge in [0.15, 0.2) is 0 Å². The average molecular weight is 621 g/mol. The number of alkyl halides is 3. The summed E-state index contributed by atoms with van der Waals surface area (Å²) in [5.41, 5.74) is 1.10. The molecule has 4 aromatic rings. The van der Waals surface area contributed by atoms with Gasteiger partial charge < -0.3 is 9.64 Å². The van der Waals surface area contributed by atoms with E-state index in [1.807, 2.05) is 30.3 Å². The van der Waals surface area contributed by atoms with Crippen molar-refractivity contribution in [1.82, 2.24) is 30.4 Å². The number of hydrogen-bond donors (Lipinski definition) is 2. The number of amides is 4. The molecule has 3 heterocycles. The molecule has 0 radical (unpaired) electrons. The van der Waals surface area contributed by atoms with E-state index >= 15 is 0 Å². The molecule has 45 heavy (non-hydrogen) atoms. The van der Waals surface area contributed by atoms with Gasteiger partial charge in [-0.25, -0.2) is 9.69 Å². The third kappa shape index (κ3) is 6.33. The number of likely N-dealkylation sites (tertiary alicyclic amines) is 1. The Morgan fingerprint density at radius 1 is 0.911 bits per heavy atom. The fourth-order valence-corrected chi connectivity index (χ4v) is 5.70. The van der Waals surface area contributed by atoms with Crippen LogP contribution in [0, 0.1) is 0 Å². The number of ether oxygens (including phenoxy) is 1. The minimum Gasteiger partial charge on any atom is -0.406 e. The quantitative estimate of drug-likeness (QED) is 0.278. The minimum absolute atomic E-state index is 0.0175. The Kier molecular flexibility index (Phi) is 7.93. The molecule has 2 N–H and O–H groups in total. The lowest BCUT2D eigenvalue weighted by atomic mass is 9.85. The highest BCUT2D eigenvalue weighted by atomic mass is 19.4. The van der Waals surface area contributed by atoms with Crippen molar-refractivity contribution in [2.24, 2.45) is 0 Å². The number of aromatic amines is 1. The molecule has 232 valence electrons. The number of nitrogens with one attached hydrogen (secondary N) is 2. The molecule has 0 aliphatic carbocycles. The molecule has 2 fully saturated rings. The second-order valence-electron chi connectivity index (χ2n) is 10.7. The lowest BCUT2D eigenvalue weighted by Gasteiger charge is -2.42. The van der Waals surface area contributed by atoms with Gasteiger partial charge in [-0.15, -0.1) is 18.3 Å². The summed E-state index contributed by atoms with van der Waals surface area (Å²) in [6.07, 6.45) is -4.15. The van der Waals surface area contributed by atoms with Gasteiger partial charge in [0.2, 0.25) is 0 Å². The number of carbonyl (C=O) groups excluding carboxylic acids is 3. The molecule has 0 saturated carbocycles. The van der Waals surface area contributed by atoms with E-state index in [2.05, 4.69) is 35.6 Å². The molecule has 0 atom stereocenters. The summed E-state index contributed by atoms with van der Waals surface area (Å²) in [4.78, 5) is 45.4. The Labute approximate surface area is 254 Å². The van der Waals surface area contributed by atoms with Crippen LogP contribution in [0.1, 0.15) is 34.3 Å². The van der Waals surface area contributed by atoms with Gasteiger partial charge in [0, 0.05) is 31.7 Å². The Morgan fingerprint density at radius 3 is 2.20 bits per heavy atom. The van der Waals surface area contributed by atoms with Crippen LogP contribution in [0.2, 0.25) is 0 Å². The van der Waals surface area contributed by atoms with Crippen LogP contribution in [-0.2, 0) is 17.9 Å². The van der Waals surface area contributed by atoms with Gasteiger partial charge in [-0.1, -0.05) is 47.6 Å². The minimum atomic E-state index is -4.88. The zero-order valence-corrected chi connectivity index (χ0v) is 23.7. The van der Waals surface area contributed by atoms with Gasteiger partial charge >= 0.3 is 12.4 Å². The molecular formula is C30H27F3N8O4. The normalized spacial score (nSPS) is 16.8. The second-order valence-corrected chi connectivity index (χ2v) is 10.7. The number of piperidine rings is 1. The Bertz CT molecular complexity index is 1660. The summed E-state index contributed by atoms with van der Waals surface area (Å²) in [6, 6.07) is 20.5. The van der Waals surface area contributed by atoms with Crippen LogP contribution in [0.4, 0.5) is 29.6 Å². The number of H-pyrrole nitrogens is 1. The number of aromatic nitrogens is 4. The van der Waals surface area contributed by atoms with Crippen LogP contribution >= 0.6 is 0 Å². The van der Waals surface area contributed by atoms with E-state index < -0.39 is 35.5 Å². The lowest BCUT2D eigenvalue weighted by molar-refractivity contribution is -0.274. The van der Waals surface area contributed by atoms with E-state index in [1.165, 1.54) is 17.0 Å². The summed E-state index contributed by atoms with van der Waals surface area (Å²) in [5, 5.41) is 15.5. The number of hydrogen-bond acceptors (Lipinski definition) is 8. The van der Waals surface area contributed by atoms with Crippen LogP contribution in [0.15, 0.2) is 78.9 Å². The number of nitrogens with zero attached hydrogens (tertiary/aromatic N) is 6. The van der Waals surface area contributed by atoms with Gasteiger partial charge in [-0.05, 0) is 65.6 Å². The number of imide groups is 1. The monoisotopic (exact) mass is 620 g/mol. The first-order valence-electron chi connectivity index (χ1n) is 14.0. The Balaban J connectivity index is 1.24. The molecule has 1 spiro atoms. The van der Waals surface area contributed by atoms with Crippen molar-refractivity contribution < 1.29 is 32.3 Å². The summed E-state index contributed by atoms with van der Waals surface area (Å²) in [6.45, 7) is 1.86. The molecule has 0 unspecified atom stereocenters. The zero-order chi connectivity index (χ0) is 31.6. The largest absolute Gasteiger partial charge is 0.573 e. The topological polar surface area (TPSA) is 137 Å². The third-order valence-electron chi connectivity index (χ3n) is 7.93. The number of anilines is 2. The Hall–Kier alpha value is -5.31. The highest BCUT2D eigenvalue weighted by Gasteiger charge is 2.58. The smallest absolute Gasteiger partial charge is 0.406 e. The van der Waals surface area contributed by atoms with Gasteiger partial charge in [-0.2, -0.15) is 5.21 Å². The van der Waals surface area contributed by atoms with E-state index in [0.717, 1.165) is 22.6 Å². The van der Waals surface area contributed by atoms with Crippen LogP contribution in [0.25, 0.3) is 0 Å². The molecule has 12 nitrogen and oxygen atoms in total. The molecule has 3 aromatic carbocycles. The number of rotatable bonds is 8. The van der Waals surface area contributed by atoms with Gasteiger partial charge in [-0.3, -0.25) is 19.8 Å². The number of benzene rings is 3. The first-order chi connectivity index (χ1) is 21.6. The second kappa shape index (κ2) is 12.0. The van der Waals surface area contributed by atoms with Crippen LogP contribution < -0.4 is 15.0 Å². The van der Waals surface area contributed by atoms with Crippen molar-refractivity contribution in [2.45, 2.75) is 37.8 Å². The van der Waals surface area contributed by atoms with Crippen molar-refractivity contribution in [3.8, 4) is 5.75 Å². The van der Waals surface area contributed by atoms with Gasteiger partial charge in [0.05, 0.1) is 5.69 Å². The molecule has 0 bridgehead atoms. The predicted octanol–water partition coefficient (Wildman–Crippen LogP) is 4.35. The van der Waals surface area contributed by atoms with Gasteiger partial charge in [0.25, 0.3) is 17.8 Å². The number of tetrazole rings is 1. The van der Waals surface area contributed by atoms with Crippen molar-refractivity contribution in [2.75, 3.05) is 23.3 Å². The number of carbonyl (C=O) groups is 3. The average Bonchev–Trinajstić information content (AvgIpc) is 3.60. The Morgan fingerprint density at radius 2 is 1.58 bits per heavy atom.